The number of nitro groups is 1. The molecule has 0 aliphatic carbocycles. The molecule has 1 atom stereocenters. The van der Waals surface area contributed by atoms with Crippen molar-refractivity contribution in [1.29, 1.82) is 0 Å². The van der Waals surface area contributed by atoms with Crippen molar-refractivity contribution in [3.8, 4) is 0 Å². The lowest BCUT2D eigenvalue weighted by Gasteiger charge is -2.25. The summed E-state index contributed by atoms with van der Waals surface area (Å²) in [5, 5.41) is 19.2. The van der Waals surface area contributed by atoms with Crippen molar-refractivity contribution in [2.24, 2.45) is 0 Å². The molecule has 1 aliphatic rings. The number of benzene rings is 4. The normalized spacial score (nSPS) is 12.8. The standard InChI is InChI=1S/C42H37N5O8S2/c1-3-55-42(52)36-33-21-22-46(26(2)48)25-35(33)57-41(36)45-40(51)37(28-11-6-4-7-12-28)56-32-16-10-15-30(24-32)43-39(50)34(44-38(49)29-13-8-5-9-14-29)23-27-17-19-31(20-18-27)47(53)54/h4-20,23-24,37H,3,21-22,25H2,1-2H3,(H,43,50)(H,44,49)(H,45,51)/b34-23+. The third-order valence-corrected chi connectivity index (χ3v) is 11.2. The maximum Gasteiger partial charge on any atom is 0.341 e. The van der Waals surface area contributed by atoms with Gasteiger partial charge < -0.3 is 25.6 Å². The second kappa shape index (κ2) is 18.4. The highest BCUT2D eigenvalue weighted by atomic mass is 32.2. The summed E-state index contributed by atoms with van der Waals surface area (Å²) in [5.41, 5.74) is 2.64. The molecule has 0 fully saturated rings. The number of rotatable bonds is 13. The summed E-state index contributed by atoms with van der Waals surface area (Å²) in [7, 11) is 0. The van der Waals surface area contributed by atoms with E-state index in [0.29, 0.717) is 57.3 Å². The van der Waals surface area contributed by atoms with Gasteiger partial charge in [-0.3, -0.25) is 29.3 Å². The molecule has 1 unspecified atom stereocenters. The number of nitrogens with zero attached hydrogens (tertiary/aromatic N) is 2. The SMILES string of the molecule is CCOC(=O)c1c(NC(=O)C(Sc2cccc(NC(=O)/C(=C\c3ccc([N+](=O)[O-])cc3)NC(=O)c3ccccc3)c2)c2ccccc2)sc2c1CCN(C(C)=O)C2. The van der Waals surface area contributed by atoms with Crippen LogP contribution in [0.1, 0.15) is 61.4 Å². The van der Waals surface area contributed by atoms with E-state index in [1.807, 2.05) is 30.3 Å². The van der Waals surface area contributed by atoms with Crippen molar-refractivity contribution in [3.63, 3.8) is 0 Å². The molecule has 1 aliphatic heterocycles. The number of thioether (sulfide) groups is 1. The van der Waals surface area contributed by atoms with Gasteiger partial charge in [0.2, 0.25) is 11.8 Å². The summed E-state index contributed by atoms with van der Waals surface area (Å²) in [6, 6.07) is 29.9. The zero-order valence-electron chi connectivity index (χ0n) is 30.9. The van der Waals surface area contributed by atoms with Crippen molar-refractivity contribution in [1.82, 2.24) is 10.2 Å². The largest absolute Gasteiger partial charge is 0.462 e. The Balaban J connectivity index is 1.26. The van der Waals surface area contributed by atoms with E-state index < -0.39 is 33.9 Å². The fourth-order valence-corrected chi connectivity index (χ4v) is 8.38. The monoisotopic (exact) mass is 803 g/mol. The van der Waals surface area contributed by atoms with Crippen molar-refractivity contribution >= 4 is 75.1 Å². The molecule has 0 radical (unpaired) electrons. The van der Waals surface area contributed by atoms with E-state index in [-0.39, 0.29) is 23.9 Å². The number of anilines is 2. The molecular formula is C42H37N5O8S2. The number of fused-ring (bicyclic) bond motifs is 1. The van der Waals surface area contributed by atoms with Gasteiger partial charge in [0, 0.05) is 46.6 Å². The topological polar surface area (TPSA) is 177 Å². The molecule has 0 bridgehead atoms. The second-order valence-corrected chi connectivity index (χ2v) is 15.0. The minimum Gasteiger partial charge on any atom is -0.462 e. The van der Waals surface area contributed by atoms with Crippen LogP contribution in [-0.4, -0.2) is 52.6 Å². The number of ether oxygens (including phenoxy) is 1. The Kier molecular flexibility index (Phi) is 12.9. The first-order chi connectivity index (χ1) is 27.5. The quantitative estimate of drug-likeness (QED) is 0.0355. The third-order valence-electron chi connectivity index (χ3n) is 8.85. The third kappa shape index (κ3) is 10.00. The summed E-state index contributed by atoms with van der Waals surface area (Å²) in [6.07, 6.45) is 1.87. The maximum absolute atomic E-state index is 14.2. The van der Waals surface area contributed by atoms with E-state index in [0.717, 1.165) is 10.4 Å². The summed E-state index contributed by atoms with van der Waals surface area (Å²) in [6.45, 7) is 4.13. The Labute approximate surface area is 336 Å². The summed E-state index contributed by atoms with van der Waals surface area (Å²) >= 11 is 2.48. The van der Waals surface area contributed by atoms with E-state index >= 15 is 0 Å². The van der Waals surface area contributed by atoms with Crippen molar-refractivity contribution in [3.05, 3.63) is 158 Å². The lowest BCUT2D eigenvalue weighted by atomic mass is 10.0. The molecule has 5 aromatic rings. The predicted octanol–water partition coefficient (Wildman–Crippen LogP) is 7.62. The highest BCUT2D eigenvalue weighted by Gasteiger charge is 2.32. The first-order valence-electron chi connectivity index (χ1n) is 17.8. The Hall–Kier alpha value is -6.58. The highest BCUT2D eigenvalue weighted by Crippen LogP contribution is 2.41. The van der Waals surface area contributed by atoms with Crippen LogP contribution in [0.25, 0.3) is 6.08 Å². The van der Waals surface area contributed by atoms with Gasteiger partial charge in [0.05, 0.1) is 23.6 Å². The van der Waals surface area contributed by atoms with E-state index in [1.165, 1.54) is 60.4 Å². The van der Waals surface area contributed by atoms with E-state index in [4.69, 9.17) is 4.74 Å². The number of non-ortho nitro benzene ring substituents is 1. The number of thiophene rings is 1. The number of carbonyl (C=O) groups excluding carboxylic acids is 5. The minimum absolute atomic E-state index is 0.0787. The predicted molar refractivity (Wildman–Crippen MR) is 219 cm³/mol. The van der Waals surface area contributed by atoms with Gasteiger partial charge in [-0.05, 0) is 78.6 Å². The number of amides is 4. The van der Waals surface area contributed by atoms with Gasteiger partial charge in [0.15, 0.2) is 0 Å². The van der Waals surface area contributed by atoms with Crippen LogP contribution in [-0.2, 0) is 32.1 Å². The van der Waals surface area contributed by atoms with Gasteiger partial charge in [-0.25, -0.2) is 4.79 Å². The molecule has 2 heterocycles. The molecule has 13 nitrogen and oxygen atoms in total. The summed E-state index contributed by atoms with van der Waals surface area (Å²) in [5.74, 6) is -2.21. The van der Waals surface area contributed by atoms with Gasteiger partial charge >= 0.3 is 5.97 Å². The number of carbonyl (C=O) groups is 5. The first-order valence-corrected chi connectivity index (χ1v) is 19.5. The van der Waals surface area contributed by atoms with Crippen LogP contribution in [0.3, 0.4) is 0 Å². The lowest BCUT2D eigenvalue weighted by molar-refractivity contribution is -0.384. The van der Waals surface area contributed by atoms with Crippen LogP contribution in [0.4, 0.5) is 16.4 Å². The van der Waals surface area contributed by atoms with Crippen molar-refractivity contribution in [2.45, 2.75) is 37.0 Å². The highest BCUT2D eigenvalue weighted by molar-refractivity contribution is 8.00. The molecule has 0 spiro atoms. The molecule has 1 aromatic heterocycles. The van der Waals surface area contributed by atoms with Crippen LogP contribution in [0.15, 0.2) is 120 Å². The maximum atomic E-state index is 14.2. The minimum atomic E-state index is -0.803. The van der Waals surface area contributed by atoms with Gasteiger partial charge in [0.25, 0.3) is 17.5 Å². The van der Waals surface area contributed by atoms with Crippen LogP contribution >= 0.6 is 23.1 Å². The lowest BCUT2D eigenvalue weighted by Crippen LogP contribution is -2.34. The summed E-state index contributed by atoms with van der Waals surface area (Å²) < 4.78 is 5.39. The van der Waals surface area contributed by atoms with Gasteiger partial charge in [-0.15, -0.1) is 23.1 Å². The zero-order chi connectivity index (χ0) is 40.5. The molecule has 290 valence electrons. The Morgan fingerprint density at radius 1 is 0.930 bits per heavy atom. The smallest absolute Gasteiger partial charge is 0.341 e. The Bertz CT molecular complexity index is 2350. The Morgan fingerprint density at radius 2 is 1.63 bits per heavy atom. The molecule has 4 amide bonds. The summed E-state index contributed by atoms with van der Waals surface area (Å²) in [4.78, 5) is 80.3. The zero-order valence-corrected chi connectivity index (χ0v) is 32.5. The molecule has 6 rings (SSSR count). The fraction of sp³-hybridized carbons (Fsp3) is 0.167. The van der Waals surface area contributed by atoms with Crippen LogP contribution in [0.2, 0.25) is 0 Å². The molecule has 4 aromatic carbocycles. The molecule has 3 N–H and O–H groups in total. The first kappa shape index (κ1) is 40.1. The number of hydrogen-bond acceptors (Lipinski definition) is 10. The van der Waals surface area contributed by atoms with Crippen LogP contribution in [0.5, 0.6) is 0 Å². The van der Waals surface area contributed by atoms with E-state index in [1.54, 1.807) is 66.4 Å². The average Bonchev–Trinajstić information content (AvgIpc) is 3.57. The number of nitro benzene ring substituents is 1. The van der Waals surface area contributed by atoms with E-state index in [2.05, 4.69) is 16.0 Å². The number of nitrogens with one attached hydrogen (secondary N) is 3. The number of hydrogen-bond donors (Lipinski definition) is 3. The van der Waals surface area contributed by atoms with Gasteiger partial charge in [-0.1, -0.05) is 54.6 Å². The average molecular weight is 804 g/mol. The molecular weight excluding hydrogens is 767 g/mol. The Morgan fingerprint density at radius 3 is 2.30 bits per heavy atom. The molecule has 57 heavy (non-hydrogen) atoms. The number of esters is 1. The van der Waals surface area contributed by atoms with Crippen molar-refractivity contribution < 1.29 is 33.6 Å². The molecule has 0 saturated carbocycles. The molecule has 0 saturated heterocycles. The fourth-order valence-electron chi connectivity index (χ4n) is 6.04. The van der Waals surface area contributed by atoms with Crippen LogP contribution < -0.4 is 16.0 Å². The second-order valence-electron chi connectivity index (χ2n) is 12.7. The van der Waals surface area contributed by atoms with Gasteiger partial charge in [0.1, 0.15) is 15.9 Å². The van der Waals surface area contributed by atoms with Crippen molar-refractivity contribution in [2.75, 3.05) is 23.8 Å². The van der Waals surface area contributed by atoms with Gasteiger partial charge in [-0.2, -0.15) is 0 Å². The molecule has 15 heteroatoms. The van der Waals surface area contributed by atoms with E-state index in [9.17, 15) is 34.1 Å². The van der Waals surface area contributed by atoms with Crippen LogP contribution in [0, 0.1) is 10.1 Å².